The molecular weight excluding hydrogens is 216 g/mol. The molecule has 1 aromatic heterocycles. The zero-order chi connectivity index (χ0) is 12.7. The predicted octanol–water partition coefficient (Wildman–Crippen LogP) is 2.15. The van der Waals surface area contributed by atoms with E-state index in [2.05, 4.69) is 17.2 Å². The van der Waals surface area contributed by atoms with Crippen molar-refractivity contribution in [3.05, 3.63) is 11.6 Å². The van der Waals surface area contributed by atoms with Crippen LogP contribution in [0.1, 0.15) is 32.3 Å². The molecule has 0 saturated heterocycles. The SMILES string of the molecule is CCCCNc1cc(N)c(C#N)c(OCC)n1. The van der Waals surface area contributed by atoms with Gasteiger partial charge in [0.05, 0.1) is 12.3 Å². The Morgan fingerprint density at radius 1 is 1.53 bits per heavy atom. The standard InChI is InChI=1S/C12H18N4O/c1-3-5-6-15-11-7-10(14)9(8-13)12(16-11)17-4-2/h7H,3-6H2,1-2H3,(H3,14,15,16). The largest absolute Gasteiger partial charge is 0.477 e. The Labute approximate surface area is 102 Å². The van der Waals surface area contributed by atoms with Crippen LogP contribution in [0.4, 0.5) is 11.5 Å². The highest BCUT2D eigenvalue weighted by Gasteiger charge is 2.11. The maximum absolute atomic E-state index is 8.96. The van der Waals surface area contributed by atoms with E-state index in [1.807, 2.05) is 13.0 Å². The van der Waals surface area contributed by atoms with Crippen LogP contribution in [0.15, 0.2) is 6.07 Å². The van der Waals surface area contributed by atoms with E-state index >= 15 is 0 Å². The molecule has 1 heterocycles. The molecule has 0 fully saturated rings. The Kier molecular flexibility index (Phi) is 5.08. The second-order valence-corrected chi connectivity index (χ2v) is 3.60. The van der Waals surface area contributed by atoms with Gasteiger partial charge in [-0.15, -0.1) is 0 Å². The minimum absolute atomic E-state index is 0.299. The fourth-order valence-electron chi connectivity index (χ4n) is 1.38. The number of aromatic nitrogens is 1. The number of pyridine rings is 1. The molecule has 17 heavy (non-hydrogen) atoms. The van der Waals surface area contributed by atoms with Crippen LogP contribution < -0.4 is 15.8 Å². The average molecular weight is 234 g/mol. The van der Waals surface area contributed by atoms with Crippen molar-refractivity contribution in [3.63, 3.8) is 0 Å². The summed E-state index contributed by atoms with van der Waals surface area (Å²) in [4.78, 5) is 4.23. The fraction of sp³-hybridized carbons (Fsp3) is 0.500. The first-order valence-electron chi connectivity index (χ1n) is 5.80. The lowest BCUT2D eigenvalue weighted by Gasteiger charge is -2.10. The summed E-state index contributed by atoms with van der Waals surface area (Å²) in [5.41, 5.74) is 6.48. The van der Waals surface area contributed by atoms with Crippen LogP contribution in [-0.4, -0.2) is 18.1 Å². The van der Waals surface area contributed by atoms with Gasteiger partial charge in [-0.25, -0.2) is 0 Å². The van der Waals surface area contributed by atoms with Gasteiger partial charge in [0.1, 0.15) is 17.5 Å². The molecule has 0 aliphatic rings. The molecule has 0 aliphatic carbocycles. The lowest BCUT2D eigenvalue weighted by Crippen LogP contribution is -2.07. The Morgan fingerprint density at radius 3 is 2.88 bits per heavy atom. The summed E-state index contributed by atoms with van der Waals surface area (Å²) in [6.07, 6.45) is 2.17. The fourth-order valence-corrected chi connectivity index (χ4v) is 1.38. The number of nitrogens with two attached hydrogens (primary N) is 1. The molecule has 0 saturated carbocycles. The smallest absolute Gasteiger partial charge is 0.235 e. The number of nitrogens with one attached hydrogen (secondary N) is 1. The number of unbranched alkanes of at least 4 members (excludes halogenated alkanes) is 1. The van der Waals surface area contributed by atoms with E-state index in [1.54, 1.807) is 6.07 Å². The molecule has 0 radical (unpaired) electrons. The number of ether oxygens (including phenoxy) is 1. The van der Waals surface area contributed by atoms with E-state index in [9.17, 15) is 0 Å². The van der Waals surface area contributed by atoms with Gasteiger partial charge < -0.3 is 15.8 Å². The molecule has 0 unspecified atom stereocenters. The van der Waals surface area contributed by atoms with Gasteiger partial charge in [0.15, 0.2) is 0 Å². The normalized spacial score (nSPS) is 9.71. The van der Waals surface area contributed by atoms with Crippen LogP contribution in [0.25, 0.3) is 0 Å². The molecule has 3 N–H and O–H groups in total. The summed E-state index contributed by atoms with van der Waals surface area (Å²) in [6, 6.07) is 3.67. The Morgan fingerprint density at radius 2 is 2.29 bits per heavy atom. The molecule has 0 spiro atoms. The second-order valence-electron chi connectivity index (χ2n) is 3.60. The average Bonchev–Trinajstić information content (AvgIpc) is 2.30. The molecule has 1 rings (SSSR count). The van der Waals surface area contributed by atoms with Gasteiger partial charge in [-0.2, -0.15) is 10.2 Å². The van der Waals surface area contributed by atoms with Gasteiger partial charge in [-0.3, -0.25) is 0 Å². The molecule has 0 aliphatic heterocycles. The van der Waals surface area contributed by atoms with Crippen molar-refractivity contribution in [1.82, 2.24) is 4.98 Å². The summed E-state index contributed by atoms with van der Waals surface area (Å²) in [5.74, 6) is 0.951. The molecule has 5 nitrogen and oxygen atoms in total. The van der Waals surface area contributed by atoms with Gasteiger partial charge >= 0.3 is 0 Å². The van der Waals surface area contributed by atoms with Crippen molar-refractivity contribution < 1.29 is 4.74 Å². The van der Waals surface area contributed by atoms with Gasteiger partial charge in [0.2, 0.25) is 5.88 Å². The van der Waals surface area contributed by atoms with Gasteiger partial charge in [0.25, 0.3) is 0 Å². The summed E-state index contributed by atoms with van der Waals surface area (Å²) in [5, 5.41) is 12.1. The van der Waals surface area contributed by atoms with Crippen molar-refractivity contribution in [2.45, 2.75) is 26.7 Å². The number of hydrogen-bond donors (Lipinski definition) is 2. The first-order chi connectivity index (χ1) is 8.22. The van der Waals surface area contributed by atoms with Crippen molar-refractivity contribution in [3.8, 4) is 11.9 Å². The van der Waals surface area contributed by atoms with Crippen molar-refractivity contribution >= 4 is 11.5 Å². The van der Waals surface area contributed by atoms with Crippen LogP contribution in [0, 0.1) is 11.3 Å². The van der Waals surface area contributed by atoms with Gasteiger partial charge in [-0.1, -0.05) is 13.3 Å². The molecule has 92 valence electrons. The van der Waals surface area contributed by atoms with Crippen LogP contribution >= 0.6 is 0 Å². The number of anilines is 2. The number of nitriles is 1. The lowest BCUT2D eigenvalue weighted by atomic mass is 10.2. The summed E-state index contributed by atoms with van der Waals surface area (Å²) in [7, 11) is 0. The van der Waals surface area contributed by atoms with Crippen molar-refractivity contribution in [2.75, 3.05) is 24.2 Å². The quantitative estimate of drug-likeness (QED) is 0.737. The third kappa shape index (κ3) is 3.52. The number of nitrogen functional groups attached to an aromatic ring is 1. The number of rotatable bonds is 6. The highest BCUT2D eigenvalue weighted by atomic mass is 16.5. The summed E-state index contributed by atoms with van der Waals surface area (Å²) >= 11 is 0. The highest BCUT2D eigenvalue weighted by molar-refractivity contribution is 5.64. The molecule has 0 atom stereocenters. The first-order valence-corrected chi connectivity index (χ1v) is 5.80. The molecular formula is C12H18N4O. The zero-order valence-electron chi connectivity index (χ0n) is 10.3. The third-order valence-electron chi connectivity index (χ3n) is 2.25. The molecule has 0 amide bonds. The third-order valence-corrected chi connectivity index (χ3v) is 2.25. The van der Waals surface area contributed by atoms with Gasteiger partial charge in [0, 0.05) is 12.6 Å². The molecule has 1 aromatic rings. The van der Waals surface area contributed by atoms with E-state index in [0.29, 0.717) is 29.6 Å². The highest BCUT2D eigenvalue weighted by Crippen LogP contribution is 2.24. The van der Waals surface area contributed by atoms with Crippen LogP contribution in [0.3, 0.4) is 0 Å². The van der Waals surface area contributed by atoms with Gasteiger partial charge in [-0.05, 0) is 13.3 Å². The number of hydrogen-bond acceptors (Lipinski definition) is 5. The summed E-state index contributed by atoms with van der Waals surface area (Å²) < 4.78 is 5.30. The Hall–Kier alpha value is -1.96. The maximum atomic E-state index is 8.96. The van der Waals surface area contributed by atoms with Crippen molar-refractivity contribution in [1.29, 1.82) is 5.26 Å². The Balaban J connectivity index is 2.90. The van der Waals surface area contributed by atoms with Crippen molar-refractivity contribution in [2.24, 2.45) is 0 Å². The van der Waals surface area contributed by atoms with Crippen LogP contribution in [-0.2, 0) is 0 Å². The molecule has 0 aromatic carbocycles. The second kappa shape index (κ2) is 6.59. The van der Waals surface area contributed by atoms with Crippen LogP contribution in [0.5, 0.6) is 5.88 Å². The lowest BCUT2D eigenvalue weighted by molar-refractivity contribution is 0.326. The monoisotopic (exact) mass is 234 g/mol. The van der Waals surface area contributed by atoms with Crippen LogP contribution in [0.2, 0.25) is 0 Å². The first kappa shape index (κ1) is 13.1. The Bertz CT molecular complexity index is 412. The van der Waals surface area contributed by atoms with E-state index < -0.39 is 0 Å². The molecule has 5 heteroatoms. The topological polar surface area (TPSA) is 84.0 Å². The minimum Gasteiger partial charge on any atom is -0.477 e. The molecule has 0 bridgehead atoms. The maximum Gasteiger partial charge on any atom is 0.235 e. The number of nitrogens with zero attached hydrogens (tertiary/aromatic N) is 2. The van der Waals surface area contributed by atoms with E-state index in [-0.39, 0.29) is 0 Å². The van der Waals surface area contributed by atoms with E-state index in [0.717, 1.165) is 19.4 Å². The zero-order valence-corrected chi connectivity index (χ0v) is 10.3. The predicted molar refractivity (Wildman–Crippen MR) is 67.9 cm³/mol. The van der Waals surface area contributed by atoms with E-state index in [4.69, 9.17) is 15.7 Å². The van der Waals surface area contributed by atoms with E-state index in [1.165, 1.54) is 0 Å². The summed E-state index contributed by atoms with van der Waals surface area (Å²) in [6.45, 7) is 5.25. The minimum atomic E-state index is 0.299.